The van der Waals surface area contributed by atoms with Gasteiger partial charge in [0.25, 0.3) is 0 Å². The van der Waals surface area contributed by atoms with Crippen LogP contribution in [0.15, 0.2) is 18.2 Å². The number of methoxy groups -OCH3 is 1. The smallest absolute Gasteiger partial charge is 0.338 e. The number of benzene rings is 1. The fourth-order valence-electron chi connectivity index (χ4n) is 1.43. The van der Waals surface area contributed by atoms with Crippen LogP contribution in [0.4, 0.5) is 5.69 Å². The number of carbonyl (C=O) groups is 1. The zero-order valence-corrected chi connectivity index (χ0v) is 10.2. The number of aliphatic hydroxyl groups excluding tert-OH is 2. The first-order valence-corrected chi connectivity index (χ1v) is 5.59. The molecule has 0 radical (unpaired) electrons. The first kappa shape index (κ1) is 13.8. The third-order valence-corrected chi connectivity index (χ3v) is 2.73. The largest absolute Gasteiger partial charge is 0.465 e. The Bertz CT molecular complexity index is 410. The molecule has 0 aromatic heterocycles. The molecule has 6 heteroatoms. The van der Waals surface area contributed by atoms with E-state index in [0.29, 0.717) is 5.69 Å². The van der Waals surface area contributed by atoms with Crippen LogP contribution in [0.3, 0.4) is 0 Å². The van der Waals surface area contributed by atoms with Gasteiger partial charge in [-0.3, -0.25) is 0 Å². The molecule has 0 heterocycles. The second-order valence-corrected chi connectivity index (χ2v) is 3.90. The number of hydrogen-bond acceptors (Lipinski definition) is 6. The van der Waals surface area contributed by atoms with Crippen LogP contribution in [-0.4, -0.2) is 35.1 Å². The maximum absolute atomic E-state index is 11.5. The van der Waals surface area contributed by atoms with Crippen molar-refractivity contribution in [3.63, 3.8) is 0 Å². The summed E-state index contributed by atoms with van der Waals surface area (Å²) < 4.78 is 4.59. The molecule has 0 saturated heterocycles. The van der Waals surface area contributed by atoms with Gasteiger partial charge < -0.3 is 20.7 Å². The lowest BCUT2D eigenvalue weighted by Crippen LogP contribution is -2.22. The quantitative estimate of drug-likeness (QED) is 0.355. The molecule has 1 aromatic carbocycles. The van der Waals surface area contributed by atoms with Crippen molar-refractivity contribution in [1.82, 2.24) is 0 Å². The van der Waals surface area contributed by atoms with Crippen molar-refractivity contribution in [2.24, 2.45) is 0 Å². The lowest BCUT2D eigenvalue weighted by molar-refractivity contribution is 0.0317. The first-order chi connectivity index (χ1) is 8.01. The molecule has 0 aliphatic rings. The molecule has 0 aliphatic carbocycles. The van der Waals surface area contributed by atoms with Crippen molar-refractivity contribution in [3.05, 3.63) is 29.3 Å². The first-order valence-electron chi connectivity index (χ1n) is 4.96. The van der Waals surface area contributed by atoms with E-state index in [-0.39, 0.29) is 16.9 Å². The molecule has 0 bridgehead atoms. The highest BCUT2D eigenvalue weighted by molar-refractivity contribution is 7.80. The summed E-state index contributed by atoms with van der Waals surface area (Å²) in [6, 6.07) is 4.42. The normalized spacial score (nSPS) is 14.1. The Morgan fingerprint density at radius 1 is 1.53 bits per heavy atom. The third-order valence-electron chi connectivity index (χ3n) is 2.35. The molecule has 94 valence electrons. The summed E-state index contributed by atoms with van der Waals surface area (Å²) in [5, 5.41) is 19.4. The van der Waals surface area contributed by atoms with E-state index in [9.17, 15) is 15.0 Å². The number of carbonyl (C=O) groups excluding carboxylic acids is 1. The summed E-state index contributed by atoms with van der Waals surface area (Å²) in [5.41, 5.74) is 6.35. The van der Waals surface area contributed by atoms with E-state index in [2.05, 4.69) is 17.4 Å². The van der Waals surface area contributed by atoms with Gasteiger partial charge in [0.15, 0.2) is 0 Å². The van der Waals surface area contributed by atoms with Crippen LogP contribution in [0.5, 0.6) is 0 Å². The lowest BCUT2D eigenvalue weighted by atomic mass is 9.98. The molecule has 2 unspecified atom stereocenters. The van der Waals surface area contributed by atoms with Gasteiger partial charge in [0.05, 0.1) is 18.8 Å². The van der Waals surface area contributed by atoms with E-state index < -0.39 is 18.2 Å². The topological polar surface area (TPSA) is 92.8 Å². The highest BCUT2D eigenvalue weighted by Crippen LogP contribution is 2.24. The van der Waals surface area contributed by atoms with Crippen LogP contribution in [0.25, 0.3) is 0 Å². The van der Waals surface area contributed by atoms with E-state index in [1.54, 1.807) is 0 Å². The summed E-state index contributed by atoms with van der Waals surface area (Å²) in [5.74, 6) is -0.538. The fourth-order valence-corrected chi connectivity index (χ4v) is 1.63. The van der Waals surface area contributed by atoms with Gasteiger partial charge in [0.1, 0.15) is 6.10 Å². The molecular formula is C11H15NO4S. The number of rotatable bonds is 4. The van der Waals surface area contributed by atoms with Crippen LogP contribution in [0.2, 0.25) is 0 Å². The van der Waals surface area contributed by atoms with Gasteiger partial charge in [-0.2, -0.15) is 12.6 Å². The van der Waals surface area contributed by atoms with Crippen LogP contribution >= 0.6 is 12.6 Å². The van der Waals surface area contributed by atoms with E-state index in [4.69, 9.17) is 5.73 Å². The zero-order chi connectivity index (χ0) is 13.0. The van der Waals surface area contributed by atoms with Crippen molar-refractivity contribution in [1.29, 1.82) is 0 Å². The number of thiol groups is 1. The van der Waals surface area contributed by atoms with Crippen LogP contribution in [-0.2, 0) is 4.74 Å². The summed E-state index contributed by atoms with van der Waals surface area (Å²) in [7, 11) is 1.23. The van der Waals surface area contributed by atoms with Crippen molar-refractivity contribution >= 4 is 24.3 Å². The second-order valence-electron chi connectivity index (χ2n) is 3.53. The average Bonchev–Trinajstić information content (AvgIpc) is 2.35. The highest BCUT2D eigenvalue weighted by Gasteiger charge is 2.23. The minimum Gasteiger partial charge on any atom is -0.465 e. The van der Waals surface area contributed by atoms with Crippen LogP contribution < -0.4 is 5.73 Å². The molecule has 0 aliphatic heterocycles. The van der Waals surface area contributed by atoms with Crippen molar-refractivity contribution < 1.29 is 19.7 Å². The van der Waals surface area contributed by atoms with Gasteiger partial charge >= 0.3 is 5.97 Å². The maximum Gasteiger partial charge on any atom is 0.338 e. The van der Waals surface area contributed by atoms with Gasteiger partial charge in [0, 0.05) is 11.4 Å². The predicted molar refractivity (Wildman–Crippen MR) is 67.0 cm³/mol. The van der Waals surface area contributed by atoms with Gasteiger partial charge in [-0.1, -0.05) is 6.07 Å². The Labute approximate surface area is 105 Å². The number of nitrogen functional groups attached to an aromatic ring is 1. The number of aliphatic hydroxyl groups is 2. The van der Waals surface area contributed by atoms with E-state index in [0.717, 1.165) is 0 Å². The standard InChI is InChI=1S/C11H15NO4S/c1-16-11(15)8-4-6(12)2-3-7(8)10(14)9(13)5-17/h2-4,9-10,13-14,17H,5,12H2,1H3. The Morgan fingerprint density at radius 2 is 2.18 bits per heavy atom. The second kappa shape index (κ2) is 5.90. The van der Waals surface area contributed by atoms with E-state index in [1.807, 2.05) is 0 Å². The molecule has 5 nitrogen and oxygen atoms in total. The van der Waals surface area contributed by atoms with Gasteiger partial charge in [-0.25, -0.2) is 4.79 Å². The van der Waals surface area contributed by atoms with Gasteiger partial charge in [0.2, 0.25) is 0 Å². The number of hydrogen-bond donors (Lipinski definition) is 4. The highest BCUT2D eigenvalue weighted by atomic mass is 32.1. The Balaban J connectivity index is 3.18. The summed E-state index contributed by atoms with van der Waals surface area (Å²) in [6.07, 6.45) is -2.27. The molecule has 1 aromatic rings. The summed E-state index contributed by atoms with van der Waals surface area (Å²) >= 11 is 3.88. The van der Waals surface area contributed by atoms with Gasteiger partial charge in [-0.05, 0) is 17.7 Å². The Morgan fingerprint density at radius 3 is 2.71 bits per heavy atom. The molecule has 0 spiro atoms. The minimum atomic E-state index is -1.21. The van der Waals surface area contributed by atoms with E-state index >= 15 is 0 Å². The number of esters is 1. The molecule has 4 N–H and O–H groups in total. The van der Waals surface area contributed by atoms with Crippen molar-refractivity contribution in [3.8, 4) is 0 Å². The number of anilines is 1. The Hall–Kier alpha value is -1.24. The number of ether oxygens (including phenoxy) is 1. The summed E-state index contributed by atoms with van der Waals surface area (Å²) in [4.78, 5) is 11.5. The Kier molecular flexibility index (Phi) is 4.80. The van der Waals surface area contributed by atoms with E-state index in [1.165, 1.54) is 25.3 Å². The fraction of sp³-hybridized carbons (Fsp3) is 0.364. The average molecular weight is 257 g/mol. The molecule has 0 amide bonds. The summed E-state index contributed by atoms with van der Waals surface area (Å²) in [6.45, 7) is 0. The van der Waals surface area contributed by atoms with Crippen LogP contribution in [0.1, 0.15) is 22.0 Å². The van der Waals surface area contributed by atoms with Crippen LogP contribution in [0, 0.1) is 0 Å². The lowest BCUT2D eigenvalue weighted by Gasteiger charge is -2.18. The maximum atomic E-state index is 11.5. The van der Waals surface area contributed by atoms with Crippen molar-refractivity contribution in [2.45, 2.75) is 12.2 Å². The third kappa shape index (κ3) is 3.12. The molecule has 2 atom stereocenters. The molecule has 0 fully saturated rings. The molecule has 17 heavy (non-hydrogen) atoms. The SMILES string of the molecule is COC(=O)c1cc(N)ccc1C(O)C(O)CS. The minimum absolute atomic E-state index is 0.0756. The monoisotopic (exact) mass is 257 g/mol. The molecule has 0 saturated carbocycles. The van der Waals surface area contributed by atoms with Crippen molar-refractivity contribution in [2.75, 3.05) is 18.6 Å². The molecular weight excluding hydrogens is 242 g/mol. The number of nitrogens with two attached hydrogens (primary N) is 1. The predicted octanol–water partition coefficient (Wildman–Crippen LogP) is 0.380. The molecule has 1 rings (SSSR count). The van der Waals surface area contributed by atoms with Gasteiger partial charge in [-0.15, -0.1) is 0 Å². The zero-order valence-electron chi connectivity index (χ0n) is 9.33.